The molecule has 0 aliphatic heterocycles. The van der Waals surface area contributed by atoms with Crippen molar-refractivity contribution in [3.8, 4) is 0 Å². The van der Waals surface area contributed by atoms with Crippen LogP contribution in [0.25, 0.3) is 0 Å². The van der Waals surface area contributed by atoms with Crippen LogP contribution in [-0.4, -0.2) is 5.11 Å². The van der Waals surface area contributed by atoms with E-state index in [1.165, 1.54) is 6.07 Å². The van der Waals surface area contributed by atoms with Crippen LogP contribution >= 0.6 is 23.8 Å². The largest absolute Gasteiger partial charge is 0.332 e. The fraction of sp³-hybridized carbons (Fsp3) is 0. The van der Waals surface area contributed by atoms with Gasteiger partial charge in [0.05, 0.1) is 5.69 Å². The van der Waals surface area contributed by atoms with Crippen molar-refractivity contribution in [2.45, 2.75) is 0 Å². The Morgan fingerprint density at radius 2 is 1.83 bits per heavy atom. The van der Waals surface area contributed by atoms with Crippen molar-refractivity contribution in [2.75, 3.05) is 10.6 Å². The van der Waals surface area contributed by atoms with Crippen LogP contribution < -0.4 is 10.6 Å². The Balaban J connectivity index is 2.03. The van der Waals surface area contributed by atoms with Gasteiger partial charge in [0.15, 0.2) is 5.11 Å². The molecule has 2 rings (SSSR count). The van der Waals surface area contributed by atoms with Crippen LogP contribution in [0.4, 0.5) is 15.8 Å². The monoisotopic (exact) mass is 280 g/mol. The normalized spacial score (nSPS) is 9.89. The zero-order valence-electron chi connectivity index (χ0n) is 9.28. The van der Waals surface area contributed by atoms with Crippen LogP contribution in [0.2, 0.25) is 5.02 Å². The van der Waals surface area contributed by atoms with Crippen LogP contribution in [0.3, 0.4) is 0 Å². The van der Waals surface area contributed by atoms with E-state index < -0.39 is 0 Å². The smallest absolute Gasteiger partial charge is 0.175 e. The highest BCUT2D eigenvalue weighted by Crippen LogP contribution is 2.16. The molecule has 0 bridgehead atoms. The van der Waals surface area contributed by atoms with Gasteiger partial charge in [0.25, 0.3) is 0 Å². The van der Waals surface area contributed by atoms with E-state index in [4.69, 9.17) is 23.8 Å². The lowest BCUT2D eigenvalue weighted by Crippen LogP contribution is -2.19. The molecule has 0 fully saturated rings. The molecule has 0 aromatic heterocycles. The summed E-state index contributed by atoms with van der Waals surface area (Å²) in [5, 5.41) is 6.62. The number of hydrogen-bond donors (Lipinski definition) is 2. The molecule has 0 saturated carbocycles. The van der Waals surface area contributed by atoms with Crippen molar-refractivity contribution < 1.29 is 4.39 Å². The van der Waals surface area contributed by atoms with Crippen molar-refractivity contribution in [2.24, 2.45) is 0 Å². The molecular formula is C13H10ClFN2S. The third-order valence-electron chi connectivity index (χ3n) is 2.20. The number of para-hydroxylation sites is 1. The second-order valence-corrected chi connectivity index (χ2v) is 4.41. The van der Waals surface area contributed by atoms with Gasteiger partial charge in [-0.3, -0.25) is 0 Å². The molecule has 0 unspecified atom stereocenters. The van der Waals surface area contributed by atoms with Gasteiger partial charge in [-0.25, -0.2) is 4.39 Å². The summed E-state index contributed by atoms with van der Waals surface area (Å²) in [7, 11) is 0. The number of halogens is 2. The maximum absolute atomic E-state index is 13.4. The average Bonchev–Trinajstić information content (AvgIpc) is 2.32. The molecule has 2 aromatic rings. The van der Waals surface area contributed by atoms with E-state index in [1.807, 2.05) is 6.07 Å². The first-order valence-electron chi connectivity index (χ1n) is 5.23. The molecule has 2 nitrogen and oxygen atoms in total. The maximum Gasteiger partial charge on any atom is 0.175 e. The Morgan fingerprint density at radius 1 is 1.06 bits per heavy atom. The lowest BCUT2D eigenvalue weighted by Gasteiger charge is -2.11. The summed E-state index contributed by atoms with van der Waals surface area (Å²) in [5.41, 5.74) is 1.08. The zero-order valence-corrected chi connectivity index (χ0v) is 10.9. The summed E-state index contributed by atoms with van der Waals surface area (Å²) in [4.78, 5) is 0. The van der Waals surface area contributed by atoms with Crippen LogP contribution in [0.5, 0.6) is 0 Å². The van der Waals surface area contributed by atoms with E-state index >= 15 is 0 Å². The van der Waals surface area contributed by atoms with Crippen molar-refractivity contribution in [3.05, 3.63) is 59.4 Å². The molecule has 0 aliphatic rings. The highest BCUT2D eigenvalue weighted by molar-refractivity contribution is 7.80. The van der Waals surface area contributed by atoms with Gasteiger partial charge in [-0.2, -0.15) is 0 Å². The van der Waals surface area contributed by atoms with Crippen molar-refractivity contribution >= 4 is 40.3 Å². The van der Waals surface area contributed by atoms with Crippen molar-refractivity contribution in [1.29, 1.82) is 0 Å². The van der Waals surface area contributed by atoms with Crippen LogP contribution in [0.1, 0.15) is 0 Å². The average molecular weight is 281 g/mol. The molecular weight excluding hydrogens is 271 g/mol. The molecule has 92 valence electrons. The first-order chi connectivity index (χ1) is 8.65. The number of rotatable bonds is 2. The fourth-order valence-electron chi connectivity index (χ4n) is 1.41. The van der Waals surface area contributed by atoms with E-state index in [0.717, 1.165) is 5.69 Å². The predicted molar refractivity (Wildman–Crippen MR) is 77.7 cm³/mol. The highest BCUT2D eigenvalue weighted by atomic mass is 35.5. The molecule has 5 heteroatoms. The summed E-state index contributed by atoms with van der Waals surface area (Å²) in [6, 6.07) is 13.4. The van der Waals surface area contributed by atoms with Crippen LogP contribution in [0, 0.1) is 5.82 Å². The summed E-state index contributed by atoms with van der Waals surface area (Å²) in [5.74, 6) is -0.354. The molecule has 18 heavy (non-hydrogen) atoms. The van der Waals surface area contributed by atoms with E-state index in [9.17, 15) is 4.39 Å². The first-order valence-corrected chi connectivity index (χ1v) is 6.02. The third kappa shape index (κ3) is 3.42. The fourth-order valence-corrected chi connectivity index (χ4v) is 1.83. The molecule has 2 aromatic carbocycles. The minimum atomic E-state index is -0.354. The Morgan fingerprint density at radius 3 is 2.56 bits per heavy atom. The standard InChI is InChI=1S/C13H10ClFN2S/c14-9-4-3-5-10(8-9)16-13(18)17-12-7-2-1-6-11(12)15/h1-8H,(H2,16,17,18). The topological polar surface area (TPSA) is 24.1 Å². The Labute approximate surface area is 115 Å². The van der Waals surface area contributed by atoms with Crippen LogP contribution in [0.15, 0.2) is 48.5 Å². The van der Waals surface area contributed by atoms with Crippen molar-refractivity contribution in [3.63, 3.8) is 0 Å². The van der Waals surface area contributed by atoms with Gasteiger partial charge in [-0.05, 0) is 42.5 Å². The lowest BCUT2D eigenvalue weighted by molar-refractivity contribution is 0.632. The van der Waals surface area contributed by atoms with Gasteiger partial charge in [0.1, 0.15) is 5.82 Å². The third-order valence-corrected chi connectivity index (χ3v) is 2.64. The van der Waals surface area contributed by atoms with E-state index in [0.29, 0.717) is 15.8 Å². The van der Waals surface area contributed by atoms with Gasteiger partial charge in [0, 0.05) is 10.7 Å². The zero-order chi connectivity index (χ0) is 13.0. The quantitative estimate of drug-likeness (QED) is 0.803. The van der Waals surface area contributed by atoms with E-state index in [-0.39, 0.29) is 5.82 Å². The predicted octanol–water partition coefficient (Wildman–Crippen LogP) is 4.29. The van der Waals surface area contributed by atoms with E-state index in [2.05, 4.69) is 10.6 Å². The number of hydrogen-bond acceptors (Lipinski definition) is 1. The van der Waals surface area contributed by atoms with Gasteiger partial charge in [-0.1, -0.05) is 29.8 Å². The Kier molecular flexibility index (Phi) is 4.12. The molecule has 0 spiro atoms. The minimum absolute atomic E-state index is 0.308. The molecule has 0 atom stereocenters. The van der Waals surface area contributed by atoms with Crippen LogP contribution in [-0.2, 0) is 0 Å². The van der Waals surface area contributed by atoms with Gasteiger partial charge >= 0.3 is 0 Å². The molecule has 2 N–H and O–H groups in total. The molecule has 0 aliphatic carbocycles. The molecule has 0 amide bonds. The Bertz CT molecular complexity index is 574. The number of thiocarbonyl (C=S) groups is 1. The number of nitrogens with one attached hydrogen (secondary N) is 2. The minimum Gasteiger partial charge on any atom is -0.332 e. The second kappa shape index (κ2) is 5.80. The summed E-state index contributed by atoms with van der Waals surface area (Å²) < 4.78 is 13.4. The number of anilines is 2. The molecule has 0 heterocycles. The summed E-state index contributed by atoms with van der Waals surface area (Å²) in [6.45, 7) is 0. The Hall–Kier alpha value is -1.65. The SMILES string of the molecule is Fc1ccccc1NC(=S)Nc1cccc(Cl)c1. The van der Waals surface area contributed by atoms with E-state index in [1.54, 1.807) is 36.4 Å². The summed E-state index contributed by atoms with van der Waals surface area (Å²) >= 11 is 10.9. The molecule has 0 radical (unpaired) electrons. The van der Waals surface area contributed by atoms with Gasteiger partial charge < -0.3 is 10.6 Å². The molecule has 0 saturated heterocycles. The summed E-state index contributed by atoms with van der Waals surface area (Å²) in [6.07, 6.45) is 0. The number of benzene rings is 2. The van der Waals surface area contributed by atoms with Gasteiger partial charge in [-0.15, -0.1) is 0 Å². The first kappa shape index (κ1) is 12.8. The maximum atomic E-state index is 13.4. The lowest BCUT2D eigenvalue weighted by atomic mass is 10.3. The second-order valence-electron chi connectivity index (χ2n) is 3.57. The highest BCUT2D eigenvalue weighted by Gasteiger charge is 2.03. The van der Waals surface area contributed by atoms with Crippen molar-refractivity contribution in [1.82, 2.24) is 0 Å². The van der Waals surface area contributed by atoms with Gasteiger partial charge in [0.2, 0.25) is 0 Å².